The molecule has 0 saturated heterocycles. The van der Waals surface area contributed by atoms with E-state index in [4.69, 9.17) is 0 Å². The molecule has 3 aromatic rings. The topological polar surface area (TPSA) is 35.8 Å². The van der Waals surface area contributed by atoms with Gasteiger partial charge in [-0.25, -0.2) is 0 Å². The summed E-state index contributed by atoms with van der Waals surface area (Å²) in [6, 6.07) is 23.8. The average Bonchev–Trinajstić information content (AvgIpc) is 2.74. The summed E-state index contributed by atoms with van der Waals surface area (Å²) in [4.78, 5) is 6.76. The van der Waals surface area contributed by atoms with Gasteiger partial charge in [0.25, 0.3) is 0 Å². The lowest BCUT2D eigenvalue weighted by Gasteiger charge is -2.20. The molecule has 28 heavy (non-hydrogen) atoms. The van der Waals surface area contributed by atoms with Crippen LogP contribution in [-0.4, -0.2) is 24.4 Å². The van der Waals surface area contributed by atoms with Crippen LogP contribution in [0.4, 0.5) is 11.4 Å². The van der Waals surface area contributed by atoms with E-state index in [0.29, 0.717) is 5.56 Å². The van der Waals surface area contributed by atoms with E-state index in [1.165, 1.54) is 11.3 Å². The molecule has 3 heteroatoms. The number of para-hydroxylation sites is 1. The summed E-state index contributed by atoms with van der Waals surface area (Å²) in [7, 11) is 0. The molecule has 0 unspecified atom stereocenters. The molecule has 0 saturated carbocycles. The average molecular weight is 370 g/mol. The molecule has 0 fully saturated rings. The van der Waals surface area contributed by atoms with Crippen LogP contribution in [0, 0.1) is 0 Å². The Kier molecular flexibility index (Phi) is 6.64. The van der Waals surface area contributed by atoms with Crippen LogP contribution >= 0.6 is 0 Å². The van der Waals surface area contributed by atoms with E-state index >= 15 is 0 Å². The standard InChI is InChI=1S/C25H26N2O/c1-3-27(4-2)24-17-13-21(14-18-24)10-9-20-11-15-23(16-12-20)26-19-22-7-5-6-8-25(22)28/h5-19,28H,3-4H2,1-2H3/b10-9+,26-19?. The van der Waals surface area contributed by atoms with Gasteiger partial charge in [0, 0.05) is 30.6 Å². The van der Waals surface area contributed by atoms with Gasteiger partial charge in [-0.1, -0.05) is 48.6 Å². The van der Waals surface area contributed by atoms with Crippen molar-refractivity contribution in [1.29, 1.82) is 0 Å². The third-order valence-electron chi connectivity index (χ3n) is 4.67. The minimum absolute atomic E-state index is 0.234. The number of benzene rings is 3. The summed E-state index contributed by atoms with van der Waals surface area (Å²) in [5.41, 5.74) is 5.12. The highest BCUT2D eigenvalue weighted by Crippen LogP contribution is 2.19. The molecule has 0 radical (unpaired) electrons. The van der Waals surface area contributed by atoms with Crippen LogP contribution in [0.1, 0.15) is 30.5 Å². The normalized spacial score (nSPS) is 11.4. The molecule has 0 aliphatic heterocycles. The van der Waals surface area contributed by atoms with Gasteiger partial charge in [-0.15, -0.1) is 0 Å². The monoisotopic (exact) mass is 370 g/mol. The Hall–Kier alpha value is -3.33. The van der Waals surface area contributed by atoms with Gasteiger partial charge in [-0.3, -0.25) is 4.99 Å². The Balaban J connectivity index is 1.64. The van der Waals surface area contributed by atoms with Gasteiger partial charge in [0.15, 0.2) is 0 Å². The van der Waals surface area contributed by atoms with Gasteiger partial charge in [-0.05, 0) is 61.4 Å². The largest absolute Gasteiger partial charge is 0.507 e. The number of hydrogen-bond acceptors (Lipinski definition) is 3. The molecular formula is C25H26N2O. The van der Waals surface area contributed by atoms with E-state index in [9.17, 15) is 5.11 Å². The fourth-order valence-electron chi connectivity index (χ4n) is 2.99. The molecule has 0 aromatic heterocycles. The summed E-state index contributed by atoms with van der Waals surface area (Å²) in [6.45, 7) is 6.38. The zero-order valence-electron chi connectivity index (χ0n) is 16.4. The van der Waals surface area contributed by atoms with Crippen LogP contribution in [0.25, 0.3) is 12.2 Å². The van der Waals surface area contributed by atoms with E-state index in [-0.39, 0.29) is 5.75 Å². The van der Waals surface area contributed by atoms with E-state index in [1.807, 2.05) is 36.4 Å². The second kappa shape index (κ2) is 9.56. The second-order valence-electron chi connectivity index (χ2n) is 6.51. The van der Waals surface area contributed by atoms with Gasteiger partial charge >= 0.3 is 0 Å². The minimum atomic E-state index is 0.234. The molecular weight excluding hydrogens is 344 g/mol. The molecule has 142 valence electrons. The first-order valence-electron chi connectivity index (χ1n) is 9.65. The number of phenolic OH excluding ortho intramolecular Hbond substituents is 1. The molecule has 3 rings (SSSR count). The molecule has 0 amide bonds. The minimum Gasteiger partial charge on any atom is -0.507 e. The molecule has 0 bridgehead atoms. The Morgan fingerprint density at radius 1 is 0.786 bits per heavy atom. The maximum absolute atomic E-state index is 9.78. The quantitative estimate of drug-likeness (QED) is 0.399. The highest BCUT2D eigenvalue weighted by Gasteiger charge is 2.00. The molecule has 0 spiro atoms. The zero-order chi connectivity index (χ0) is 19.8. The van der Waals surface area contributed by atoms with Gasteiger partial charge in [0.2, 0.25) is 0 Å². The number of anilines is 1. The molecule has 1 N–H and O–H groups in total. The maximum Gasteiger partial charge on any atom is 0.124 e. The Morgan fingerprint density at radius 2 is 1.36 bits per heavy atom. The first-order valence-corrected chi connectivity index (χ1v) is 9.65. The Morgan fingerprint density at radius 3 is 1.93 bits per heavy atom. The van der Waals surface area contributed by atoms with Crippen molar-refractivity contribution >= 4 is 29.7 Å². The maximum atomic E-state index is 9.78. The first kappa shape index (κ1) is 19.4. The molecule has 0 atom stereocenters. The Labute approximate surface area is 167 Å². The highest BCUT2D eigenvalue weighted by molar-refractivity contribution is 5.85. The summed E-state index contributed by atoms with van der Waals surface area (Å²) in [6.07, 6.45) is 5.90. The lowest BCUT2D eigenvalue weighted by Crippen LogP contribution is -2.21. The lowest BCUT2D eigenvalue weighted by atomic mass is 10.1. The van der Waals surface area contributed by atoms with Crippen LogP contribution in [0.15, 0.2) is 77.8 Å². The van der Waals surface area contributed by atoms with E-state index in [2.05, 4.69) is 60.2 Å². The van der Waals surface area contributed by atoms with Crippen LogP contribution in [0.3, 0.4) is 0 Å². The highest BCUT2D eigenvalue weighted by atomic mass is 16.3. The molecule has 3 nitrogen and oxygen atoms in total. The second-order valence-corrected chi connectivity index (χ2v) is 6.51. The predicted octanol–water partition coefficient (Wildman–Crippen LogP) is 6.16. The van der Waals surface area contributed by atoms with E-state index < -0.39 is 0 Å². The summed E-state index contributed by atoms with van der Waals surface area (Å²) in [5, 5.41) is 9.78. The van der Waals surface area contributed by atoms with Crippen LogP contribution < -0.4 is 4.90 Å². The van der Waals surface area contributed by atoms with Crippen LogP contribution in [-0.2, 0) is 0 Å². The third-order valence-corrected chi connectivity index (χ3v) is 4.67. The van der Waals surface area contributed by atoms with Crippen molar-refractivity contribution in [3.8, 4) is 5.75 Å². The fraction of sp³-hybridized carbons (Fsp3) is 0.160. The van der Waals surface area contributed by atoms with Crippen molar-refractivity contribution in [2.45, 2.75) is 13.8 Å². The SMILES string of the molecule is CCN(CC)c1ccc(/C=C/c2ccc(N=Cc3ccccc3O)cc2)cc1. The lowest BCUT2D eigenvalue weighted by molar-refractivity contribution is 0.474. The van der Waals surface area contributed by atoms with Gasteiger partial charge in [0.1, 0.15) is 5.75 Å². The Bertz CT molecular complexity index is 937. The summed E-state index contributed by atoms with van der Waals surface area (Å²) in [5.74, 6) is 0.234. The van der Waals surface area contributed by atoms with Gasteiger partial charge < -0.3 is 10.0 Å². The van der Waals surface area contributed by atoms with Crippen molar-refractivity contribution < 1.29 is 5.11 Å². The summed E-state index contributed by atoms with van der Waals surface area (Å²) >= 11 is 0. The van der Waals surface area contributed by atoms with Gasteiger partial charge in [0.05, 0.1) is 5.69 Å². The van der Waals surface area contributed by atoms with Crippen molar-refractivity contribution in [1.82, 2.24) is 0 Å². The third kappa shape index (κ3) is 5.10. The number of aliphatic imine (C=N–C) groups is 1. The predicted molar refractivity (Wildman–Crippen MR) is 121 cm³/mol. The van der Waals surface area contributed by atoms with Crippen LogP contribution in [0.5, 0.6) is 5.75 Å². The molecule has 0 aliphatic carbocycles. The first-order chi connectivity index (χ1) is 13.7. The zero-order valence-corrected chi connectivity index (χ0v) is 16.4. The van der Waals surface area contributed by atoms with Gasteiger partial charge in [-0.2, -0.15) is 0 Å². The smallest absolute Gasteiger partial charge is 0.124 e. The van der Waals surface area contributed by atoms with Crippen molar-refractivity contribution in [3.05, 3.63) is 89.5 Å². The van der Waals surface area contributed by atoms with E-state index in [1.54, 1.807) is 18.3 Å². The number of nitrogens with zero attached hydrogens (tertiary/aromatic N) is 2. The van der Waals surface area contributed by atoms with Crippen molar-refractivity contribution in [2.24, 2.45) is 4.99 Å². The number of hydrogen-bond donors (Lipinski definition) is 1. The number of rotatable bonds is 7. The summed E-state index contributed by atoms with van der Waals surface area (Å²) < 4.78 is 0. The number of phenols is 1. The fourth-order valence-corrected chi connectivity index (χ4v) is 2.99. The molecule has 0 aliphatic rings. The van der Waals surface area contributed by atoms with E-state index in [0.717, 1.165) is 24.3 Å². The van der Waals surface area contributed by atoms with Crippen molar-refractivity contribution in [2.75, 3.05) is 18.0 Å². The number of aromatic hydroxyl groups is 1. The molecule has 0 heterocycles. The van der Waals surface area contributed by atoms with Crippen molar-refractivity contribution in [3.63, 3.8) is 0 Å². The molecule has 3 aromatic carbocycles. The van der Waals surface area contributed by atoms with Crippen LogP contribution in [0.2, 0.25) is 0 Å².